The monoisotopic (exact) mass is 201 g/mol. The first-order valence-electron chi connectivity index (χ1n) is 2.11. The second kappa shape index (κ2) is 1.91. The standard InChI is InChI=1S/C5H6N.Sb/c1-6-4-2-3-5-6;/h2-4H,1H3;. The molecule has 2 radical (unpaired) electrons. The quantitative estimate of drug-likeness (QED) is 0.514. The molecule has 7 heavy (non-hydrogen) atoms. The SMILES string of the molecule is Cn1ccc[c]1[Sb]. The molecule has 0 spiro atoms. The van der Waals surface area contributed by atoms with Gasteiger partial charge in [0.25, 0.3) is 0 Å². The minimum atomic E-state index is 1.36. The van der Waals surface area contributed by atoms with Crippen molar-refractivity contribution < 1.29 is 0 Å². The van der Waals surface area contributed by atoms with E-state index >= 15 is 0 Å². The van der Waals surface area contributed by atoms with Gasteiger partial charge >= 0.3 is 56.6 Å². The number of aryl methyl sites for hydroxylation is 1. The molecule has 1 aromatic heterocycles. The molecule has 0 atom stereocenters. The summed E-state index contributed by atoms with van der Waals surface area (Å²) in [5.41, 5.74) is 0. The van der Waals surface area contributed by atoms with E-state index in [0.717, 1.165) is 0 Å². The van der Waals surface area contributed by atoms with Gasteiger partial charge in [-0.15, -0.1) is 0 Å². The van der Waals surface area contributed by atoms with Crippen molar-refractivity contribution in [2.24, 2.45) is 7.05 Å². The van der Waals surface area contributed by atoms with Crippen LogP contribution in [-0.4, -0.2) is 27.6 Å². The molecule has 1 aromatic rings. The van der Waals surface area contributed by atoms with Gasteiger partial charge in [0.05, 0.1) is 0 Å². The Hall–Kier alpha value is 0.0982. The molecule has 0 N–H and O–H groups in total. The van der Waals surface area contributed by atoms with E-state index in [1.54, 1.807) is 23.0 Å². The number of nitrogens with zero attached hydrogens (tertiary/aromatic N) is 1. The molecule has 1 nitrogen and oxygen atoms in total. The number of hydrogen-bond acceptors (Lipinski definition) is 0. The van der Waals surface area contributed by atoms with E-state index in [9.17, 15) is 0 Å². The molecule has 36 valence electrons. The van der Waals surface area contributed by atoms with Crippen molar-refractivity contribution in [3.8, 4) is 0 Å². The molecule has 0 aliphatic carbocycles. The Morgan fingerprint density at radius 1 is 1.71 bits per heavy atom. The summed E-state index contributed by atoms with van der Waals surface area (Å²) < 4.78 is 3.46. The van der Waals surface area contributed by atoms with Gasteiger partial charge in [0.1, 0.15) is 0 Å². The topological polar surface area (TPSA) is 4.93 Å². The van der Waals surface area contributed by atoms with Crippen LogP contribution in [0, 0.1) is 0 Å². The van der Waals surface area contributed by atoms with Crippen molar-refractivity contribution in [2.75, 3.05) is 0 Å². The maximum absolute atomic E-state index is 2.11. The summed E-state index contributed by atoms with van der Waals surface area (Å²) in [4.78, 5) is 0. The number of hydrogen-bond donors (Lipinski definition) is 0. The molecule has 0 bridgehead atoms. The van der Waals surface area contributed by atoms with Crippen molar-refractivity contribution in [3.63, 3.8) is 0 Å². The molecule has 2 heteroatoms. The normalized spacial score (nSPS) is 9.43. The molecule has 1 heterocycles. The summed E-state index contributed by atoms with van der Waals surface area (Å²) in [5.74, 6) is 0. The van der Waals surface area contributed by atoms with Crippen LogP contribution < -0.4 is 3.64 Å². The van der Waals surface area contributed by atoms with Gasteiger partial charge < -0.3 is 0 Å². The third-order valence-electron chi connectivity index (χ3n) is 0.916. The molecule has 0 aromatic carbocycles. The van der Waals surface area contributed by atoms with Crippen molar-refractivity contribution in [3.05, 3.63) is 18.3 Å². The van der Waals surface area contributed by atoms with E-state index in [-0.39, 0.29) is 0 Å². The van der Waals surface area contributed by atoms with Crippen LogP contribution in [0.15, 0.2) is 18.3 Å². The van der Waals surface area contributed by atoms with Crippen LogP contribution in [-0.2, 0) is 7.05 Å². The van der Waals surface area contributed by atoms with Gasteiger partial charge in [-0.1, -0.05) is 0 Å². The molecule has 0 unspecified atom stereocenters. The van der Waals surface area contributed by atoms with E-state index < -0.39 is 0 Å². The van der Waals surface area contributed by atoms with Gasteiger partial charge in [0.15, 0.2) is 0 Å². The van der Waals surface area contributed by atoms with Crippen LogP contribution >= 0.6 is 0 Å². The summed E-state index contributed by atoms with van der Waals surface area (Å²) in [7, 11) is 2.05. The summed E-state index contributed by atoms with van der Waals surface area (Å²) >= 11 is 1.75. The van der Waals surface area contributed by atoms with Gasteiger partial charge in [-0.25, -0.2) is 0 Å². The zero-order valence-corrected chi connectivity index (χ0v) is 6.68. The average molecular weight is 202 g/mol. The van der Waals surface area contributed by atoms with E-state index in [2.05, 4.69) is 10.6 Å². The van der Waals surface area contributed by atoms with Gasteiger partial charge in [-0.3, -0.25) is 0 Å². The van der Waals surface area contributed by atoms with Gasteiger partial charge in [0.2, 0.25) is 0 Å². The van der Waals surface area contributed by atoms with Crippen LogP contribution in [0.25, 0.3) is 0 Å². The predicted molar refractivity (Wildman–Crippen MR) is 30.8 cm³/mol. The van der Waals surface area contributed by atoms with Crippen LogP contribution in [0.1, 0.15) is 0 Å². The van der Waals surface area contributed by atoms with Crippen molar-refractivity contribution in [2.45, 2.75) is 0 Å². The van der Waals surface area contributed by atoms with Gasteiger partial charge in [0, 0.05) is 0 Å². The van der Waals surface area contributed by atoms with Gasteiger partial charge in [-0.2, -0.15) is 0 Å². The number of rotatable bonds is 0. The Labute approximate surface area is 56.8 Å². The second-order valence-corrected chi connectivity index (χ2v) is 2.79. The molecular weight excluding hydrogens is 196 g/mol. The molecule has 0 fully saturated rings. The summed E-state index contributed by atoms with van der Waals surface area (Å²) in [6.45, 7) is 0. The molecular formula is C5H6NSb. The van der Waals surface area contributed by atoms with Crippen LogP contribution in [0.4, 0.5) is 0 Å². The van der Waals surface area contributed by atoms with E-state index in [1.165, 1.54) is 3.64 Å². The van der Waals surface area contributed by atoms with Crippen LogP contribution in [0.5, 0.6) is 0 Å². The Bertz CT molecular complexity index is 140. The predicted octanol–water partition coefficient (Wildman–Crippen LogP) is -0.181. The maximum atomic E-state index is 2.11. The molecule has 0 aliphatic rings. The first kappa shape index (κ1) is 5.24. The molecule has 0 aliphatic heterocycles. The summed E-state index contributed by atoms with van der Waals surface area (Å²) in [6.07, 6.45) is 2.05. The van der Waals surface area contributed by atoms with Crippen LogP contribution in [0.3, 0.4) is 0 Å². The Morgan fingerprint density at radius 3 is 2.57 bits per heavy atom. The fourth-order valence-corrected chi connectivity index (χ4v) is 0.888. The zero-order chi connectivity index (χ0) is 5.28. The summed E-state index contributed by atoms with van der Waals surface area (Å²) in [5, 5.41) is 0. The third-order valence-corrected chi connectivity index (χ3v) is 2.24. The number of aromatic nitrogens is 1. The van der Waals surface area contributed by atoms with E-state index in [4.69, 9.17) is 0 Å². The molecule has 1 rings (SSSR count). The molecule has 0 saturated heterocycles. The zero-order valence-electron chi connectivity index (χ0n) is 4.13. The third kappa shape index (κ3) is 1.00. The Morgan fingerprint density at radius 2 is 2.43 bits per heavy atom. The van der Waals surface area contributed by atoms with Crippen molar-refractivity contribution >= 4 is 26.7 Å². The Kier molecular flexibility index (Phi) is 1.43. The summed E-state index contributed by atoms with van der Waals surface area (Å²) in [6, 6.07) is 4.16. The van der Waals surface area contributed by atoms with E-state index in [0.29, 0.717) is 0 Å². The van der Waals surface area contributed by atoms with Crippen LogP contribution in [0.2, 0.25) is 0 Å². The fraction of sp³-hybridized carbons (Fsp3) is 0.200. The fourth-order valence-electron chi connectivity index (χ4n) is 0.452. The van der Waals surface area contributed by atoms with Crippen molar-refractivity contribution in [1.82, 2.24) is 4.57 Å². The Balaban J connectivity index is 3.12. The molecule has 0 saturated carbocycles. The minimum absolute atomic E-state index is 1.36. The van der Waals surface area contributed by atoms with Crippen molar-refractivity contribution in [1.29, 1.82) is 0 Å². The second-order valence-electron chi connectivity index (χ2n) is 1.48. The van der Waals surface area contributed by atoms with Gasteiger partial charge in [-0.05, 0) is 0 Å². The first-order valence-corrected chi connectivity index (χ1v) is 3.38. The average Bonchev–Trinajstić information content (AvgIpc) is 1.91. The van der Waals surface area contributed by atoms with E-state index in [1.807, 2.05) is 19.3 Å². The molecule has 0 amide bonds. The first-order chi connectivity index (χ1) is 3.30.